The van der Waals surface area contributed by atoms with Gasteiger partial charge in [-0.2, -0.15) is 0 Å². The number of hydrogen-bond acceptors (Lipinski definition) is 3. The van der Waals surface area contributed by atoms with E-state index >= 15 is 0 Å². The van der Waals surface area contributed by atoms with Crippen molar-refractivity contribution in [2.24, 2.45) is 0 Å². The zero-order valence-electron chi connectivity index (χ0n) is 11.4. The second kappa shape index (κ2) is 7.26. The third-order valence-electron chi connectivity index (χ3n) is 3.37. The summed E-state index contributed by atoms with van der Waals surface area (Å²) in [4.78, 5) is 11.7. The topological polar surface area (TPSA) is 50.4 Å². The van der Waals surface area contributed by atoms with Crippen LogP contribution in [-0.2, 0) is 16.1 Å². The Balaban J connectivity index is 1.64. The van der Waals surface area contributed by atoms with Gasteiger partial charge in [-0.15, -0.1) is 0 Å². The first-order chi connectivity index (χ1) is 9.24. The molecule has 1 heterocycles. The molecule has 2 unspecified atom stereocenters. The fourth-order valence-corrected chi connectivity index (χ4v) is 2.28. The quantitative estimate of drug-likeness (QED) is 0.844. The van der Waals surface area contributed by atoms with Crippen molar-refractivity contribution in [3.63, 3.8) is 0 Å². The van der Waals surface area contributed by atoms with Crippen molar-refractivity contribution in [3.8, 4) is 0 Å². The van der Waals surface area contributed by atoms with Crippen molar-refractivity contribution in [3.05, 3.63) is 35.9 Å². The Morgan fingerprint density at radius 2 is 2.16 bits per heavy atom. The largest absolute Gasteiger partial charge is 0.378 e. The molecule has 0 spiro atoms. The van der Waals surface area contributed by atoms with Crippen LogP contribution in [0.3, 0.4) is 0 Å². The van der Waals surface area contributed by atoms with Gasteiger partial charge in [-0.05, 0) is 25.3 Å². The van der Waals surface area contributed by atoms with Crippen LogP contribution in [0, 0.1) is 0 Å². The van der Waals surface area contributed by atoms with E-state index < -0.39 is 0 Å². The number of amides is 1. The molecule has 4 nitrogen and oxygen atoms in total. The van der Waals surface area contributed by atoms with E-state index in [1.165, 1.54) is 0 Å². The predicted octanol–water partition coefficient (Wildman–Crippen LogP) is 1.46. The number of rotatable bonds is 5. The van der Waals surface area contributed by atoms with Gasteiger partial charge in [-0.1, -0.05) is 30.3 Å². The molecular formula is C15H22N2O2. The molecule has 0 aromatic heterocycles. The molecule has 0 radical (unpaired) electrons. The molecular weight excluding hydrogens is 240 g/mol. The maximum atomic E-state index is 11.7. The summed E-state index contributed by atoms with van der Waals surface area (Å²) in [5, 5.41) is 6.21. The van der Waals surface area contributed by atoms with Gasteiger partial charge in [0.15, 0.2) is 0 Å². The monoisotopic (exact) mass is 262 g/mol. The van der Waals surface area contributed by atoms with Crippen molar-refractivity contribution in [1.29, 1.82) is 0 Å². The van der Waals surface area contributed by atoms with Gasteiger partial charge in [-0.25, -0.2) is 0 Å². The van der Waals surface area contributed by atoms with Crippen molar-refractivity contribution < 1.29 is 9.53 Å². The molecule has 1 saturated heterocycles. The molecule has 0 saturated carbocycles. The predicted molar refractivity (Wildman–Crippen MR) is 74.7 cm³/mol. The van der Waals surface area contributed by atoms with Crippen LogP contribution in [0.2, 0.25) is 0 Å². The fourth-order valence-electron chi connectivity index (χ4n) is 2.28. The Labute approximate surface area is 114 Å². The SMILES string of the molecule is CC1CC(NCC(=O)NCc2ccccc2)CCO1. The van der Waals surface area contributed by atoms with Gasteiger partial charge in [-0.3, -0.25) is 4.79 Å². The third kappa shape index (κ3) is 5.01. The van der Waals surface area contributed by atoms with E-state index in [-0.39, 0.29) is 5.91 Å². The highest BCUT2D eigenvalue weighted by Crippen LogP contribution is 2.12. The highest BCUT2D eigenvalue weighted by molar-refractivity contribution is 5.78. The summed E-state index contributed by atoms with van der Waals surface area (Å²) in [7, 11) is 0. The van der Waals surface area contributed by atoms with E-state index in [0.29, 0.717) is 25.2 Å². The van der Waals surface area contributed by atoms with Gasteiger partial charge in [0.1, 0.15) is 0 Å². The Kier molecular flexibility index (Phi) is 5.36. The Hall–Kier alpha value is -1.39. The lowest BCUT2D eigenvalue weighted by Crippen LogP contribution is -2.43. The summed E-state index contributed by atoms with van der Waals surface area (Å²) in [5.41, 5.74) is 1.12. The van der Waals surface area contributed by atoms with Gasteiger partial charge < -0.3 is 15.4 Å². The molecule has 1 amide bonds. The van der Waals surface area contributed by atoms with Crippen LogP contribution in [-0.4, -0.2) is 31.2 Å². The molecule has 1 aromatic carbocycles. The van der Waals surface area contributed by atoms with E-state index in [4.69, 9.17) is 4.74 Å². The number of ether oxygens (including phenoxy) is 1. The molecule has 1 aliphatic rings. The molecule has 1 aliphatic heterocycles. The Morgan fingerprint density at radius 1 is 1.37 bits per heavy atom. The Bertz CT molecular complexity index is 394. The lowest BCUT2D eigenvalue weighted by atomic mass is 10.0. The summed E-state index contributed by atoms with van der Waals surface area (Å²) < 4.78 is 5.48. The van der Waals surface area contributed by atoms with Crippen molar-refractivity contribution in [2.45, 2.75) is 38.5 Å². The minimum Gasteiger partial charge on any atom is -0.378 e. The van der Waals surface area contributed by atoms with Crippen LogP contribution < -0.4 is 10.6 Å². The molecule has 0 aliphatic carbocycles. The summed E-state index contributed by atoms with van der Waals surface area (Å²) in [6, 6.07) is 10.3. The lowest BCUT2D eigenvalue weighted by molar-refractivity contribution is -0.120. The third-order valence-corrected chi connectivity index (χ3v) is 3.37. The van der Waals surface area contributed by atoms with Gasteiger partial charge in [0, 0.05) is 19.2 Å². The minimum atomic E-state index is 0.0444. The molecule has 104 valence electrons. The number of carbonyl (C=O) groups is 1. The lowest BCUT2D eigenvalue weighted by Gasteiger charge is -2.27. The summed E-state index contributed by atoms with van der Waals surface area (Å²) in [6.07, 6.45) is 2.25. The minimum absolute atomic E-state index is 0.0444. The Morgan fingerprint density at radius 3 is 2.89 bits per heavy atom. The molecule has 0 bridgehead atoms. The van der Waals surface area contributed by atoms with Gasteiger partial charge >= 0.3 is 0 Å². The van der Waals surface area contributed by atoms with Crippen molar-refractivity contribution in [1.82, 2.24) is 10.6 Å². The van der Waals surface area contributed by atoms with Crippen molar-refractivity contribution >= 4 is 5.91 Å². The number of nitrogens with one attached hydrogen (secondary N) is 2. The van der Waals surface area contributed by atoms with Crippen LogP contribution in [0.5, 0.6) is 0 Å². The average molecular weight is 262 g/mol. The first-order valence-corrected chi connectivity index (χ1v) is 6.89. The van der Waals surface area contributed by atoms with E-state index in [0.717, 1.165) is 25.0 Å². The number of benzene rings is 1. The van der Waals surface area contributed by atoms with Crippen LogP contribution in [0.1, 0.15) is 25.3 Å². The zero-order valence-corrected chi connectivity index (χ0v) is 11.4. The maximum absolute atomic E-state index is 11.7. The molecule has 19 heavy (non-hydrogen) atoms. The van der Waals surface area contributed by atoms with Gasteiger partial charge in [0.25, 0.3) is 0 Å². The van der Waals surface area contributed by atoms with Crippen LogP contribution >= 0.6 is 0 Å². The summed E-state index contributed by atoms with van der Waals surface area (Å²) in [5.74, 6) is 0.0444. The second-order valence-corrected chi connectivity index (χ2v) is 5.05. The molecule has 1 aromatic rings. The van der Waals surface area contributed by atoms with Crippen molar-refractivity contribution in [2.75, 3.05) is 13.2 Å². The number of hydrogen-bond donors (Lipinski definition) is 2. The first kappa shape index (κ1) is 14.0. The van der Waals surface area contributed by atoms with Crippen LogP contribution in [0.4, 0.5) is 0 Å². The molecule has 2 atom stereocenters. The summed E-state index contributed by atoms with van der Waals surface area (Å²) >= 11 is 0. The van der Waals surface area contributed by atoms with E-state index in [1.54, 1.807) is 0 Å². The normalized spacial score (nSPS) is 23.0. The smallest absolute Gasteiger partial charge is 0.234 e. The average Bonchev–Trinajstić information content (AvgIpc) is 2.44. The molecule has 1 fully saturated rings. The fraction of sp³-hybridized carbons (Fsp3) is 0.533. The van der Waals surface area contributed by atoms with Gasteiger partial charge in [0.2, 0.25) is 5.91 Å². The highest BCUT2D eigenvalue weighted by atomic mass is 16.5. The first-order valence-electron chi connectivity index (χ1n) is 6.89. The highest BCUT2D eigenvalue weighted by Gasteiger charge is 2.19. The molecule has 4 heteroatoms. The van der Waals surface area contributed by atoms with Gasteiger partial charge in [0.05, 0.1) is 12.6 Å². The standard InChI is InChI=1S/C15H22N2O2/c1-12-9-14(7-8-19-12)16-11-15(18)17-10-13-5-3-2-4-6-13/h2-6,12,14,16H,7-11H2,1H3,(H,17,18). The van der Waals surface area contributed by atoms with E-state index in [2.05, 4.69) is 17.6 Å². The molecule has 2 N–H and O–H groups in total. The zero-order chi connectivity index (χ0) is 13.5. The summed E-state index contributed by atoms with van der Waals surface area (Å²) in [6.45, 7) is 3.82. The van der Waals surface area contributed by atoms with Crippen LogP contribution in [0.25, 0.3) is 0 Å². The maximum Gasteiger partial charge on any atom is 0.234 e. The number of carbonyl (C=O) groups excluding carboxylic acids is 1. The van der Waals surface area contributed by atoms with E-state index in [1.807, 2.05) is 30.3 Å². The second-order valence-electron chi connectivity index (χ2n) is 5.05. The molecule has 2 rings (SSSR count). The van der Waals surface area contributed by atoms with Crippen LogP contribution in [0.15, 0.2) is 30.3 Å². The van der Waals surface area contributed by atoms with E-state index in [9.17, 15) is 4.79 Å².